The van der Waals surface area contributed by atoms with Crippen LogP contribution in [0.1, 0.15) is 60.8 Å². The van der Waals surface area contributed by atoms with Crippen LogP contribution in [0.15, 0.2) is 0 Å². The molecular weight excluding hydrogens is 224 g/mol. The molecule has 18 heavy (non-hydrogen) atoms. The molecule has 1 unspecified atom stereocenters. The van der Waals surface area contributed by atoms with E-state index in [1.165, 1.54) is 0 Å². The van der Waals surface area contributed by atoms with Crippen molar-refractivity contribution in [3.63, 3.8) is 0 Å². The third-order valence-electron chi connectivity index (χ3n) is 3.63. The number of carbonyl (C=O) groups is 1. The Morgan fingerprint density at radius 2 is 1.78 bits per heavy atom. The Hall–Kier alpha value is -1.04. The largest absolute Gasteiger partial charge is 0.338 e. The maximum absolute atomic E-state index is 12.6. The summed E-state index contributed by atoms with van der Waals surface area (Å²) in [6.07, 6.45) is 2.46. The zero-order valence-electron chi connectivity index (χ0n) is 12.8. The number of hydrogen-bond donors (Lipinski definition) is 0. The van der Waals surface area contributed by atoms with Crippen molar-refractivity contribution in [1.29, 1.82) is 5.26 Å². The molecule has 0 saturated heterocycles. The van der Waals surface area contributed by atoms with Gasteiger partial charge in [0, 0.05) is 12.6 Å². The molecule has 1 amide bonds. The van der Waals surface area contributed by atoms with Gasteiger partial charge in [0.25, 0.3) is 0 Å². The second kappa shape index (κ2) is 7.41. The van der Waals surface area contributed by atoms with Crippen molar-refractivity contribution in [3.05, 3.63) is 0 Å². The van der Waals surface area contributed by atoms with E-state index in [0.717, 1.165) is 19.4 Å². The fourth-order valence-corrected chi connectivity index (χ4v) is 2.12. The van der Waals surface area contributed by atoms with Crippen molar-refractivity contribution >= 4 is 5.91 Å². The lowest BCUT2D eigenvalue weighted by molar-refractivity contribution is -0.141. The molecule has 0 aliphatic heterocycles. The highest BCUT2D eigenvalue weighted by Gasteiger charge is 2.37. The molecule has 0 radical (unpaired) electrons. The smallest absolute Gasteiger partial charge is 0.243 e. The van der Waals surface area contributed by atoms with Gasteiger partial charge in [-0.15, -0.1) is 0 Å². The van der Waals surface area contributed by atoms with Gasteiger partial charge >= 0.3 is 0 Å². The number of nitriles is 1. The highest BCUT2D eigenvalue weighted by Crippen LogP contribution is 2.26. The molecule has 0 aliphatic carbocycles. The molecule has 0 heterocycles. The zero-order chi connectivity index (χ0) is 14.3. The molecule has 0 aliphatic rings. The van der Waals surface area contributed by atoms with E-state index in [1.807, 2.05) is 11.8 Å². The van der Waals surface area contributed by atoms with Crippen LogP contribution in [0.25, 0.3) is 0 Å². The van der Waals surface area contributed by atoms with E-state index in [1.54, 1.807) is 6.92 Å². The maximum Gasteiger partial charge on any atom is 0.243 e. The van der Waals surface area contributed by atoms with Crippen molar-refractivity contribution in [1.82, 2.24) is 4.90 Å². The van der Waals surface area contributed by atoms with Gasteiger partial charge in [-0.1, -0.05) is 34.6 Å². The predicted molar refractivity (Wildman–Crippen MR) is 74.9 cm³/mol. The van der Waals surface area contributed by atoms with Crippen LogP contribution in [0.4, 0.5) is 0 Å². The first-order valence-electron chi connectivity index (χ1n) is 7.08. The van der Waals surface area contributed by atoms with Crippen molar-refractivity contribution in [2.45, 2.75) is 66.8 Å². The number of carbonyl (C=O) groups excluding carboxylic acids is 1. The van der Waals surface area contributed by atoms with Crippen LogP contribution in [-0.2, 0) is 4.79 Å². The molecule has 3 heteroatoms. The average Bonchev–Trinajstić information content (AvgIpc) is 2.36. The minimum atomic E-state index is -0.878. The molecule has 0 aromatic carbocycles. The first kappa shape index (κ1) is 17.0. The van der Waals surface area contributed by atoms with Crippen LogP contribution in [-0.4, -0.2) is 23.4 Å². The zero-order valence-corrected chi connectivity index (χ0v) is 12.8. The molecule has 0 aromatic rings. The topological polar surface area (TPSA) is 44.1 Å². The van der Waals surface area contributed by atoms with Gasteiger partial charge < -0.3 is 4.90 Å². The lowest BCUT2D eigenvalue weighted by Crippen LogP contribution is -2.48. The van der Waals surface area contributed by atoms with Gasteiger partial charge in [0.1, 0.15) is 5.41 Å². The summed E-state index contributed by atoms with van der Waals surface area (Å²) in [6, 6.07) is 2.44. The van der Waals surface area contributed by atoms with Gasteiger partial charge in [-0.3, -0.25) is 4.79 Å². The maximum atomic E-state index is 12.6. The highest BCUT2D eigenvalue weighted by atomic mass is 16.2. The Bertz CT molecular complexity index is 302. The minimum absolute atomic E-state index is 0.00472. The molecule has 0 spiro atoms. The molecule has 0 aromatic heterocycles. The van der Waals surface area contributed by atoms with Crippen LogP contribution in [0.3, 0.4) is 0 Å². The summed E-state index contributed by atoms with van der Waals surface area (Å²) in [5.41, 5.74) is -0.878. The second-order valence-corrected chi connectivity index (χ2v) is 5.62. The summed E-state index contributed by atoms with van der Waals surface area (Å²) in [5, 5.41) is 9.27. The SMILES string of the molecule is CCC(CC)N(CC(C)C)C(=O)C(C)(C#N)CC. The van der Waals surface area contributed by atoms with Crippen molar-refractivity contribution in [2.75, 3.05) is 6.54 Å². The Morgan fingerprint density at radius 1 is 1.28 bits per heavy atom. The molecular formula is C15H28N2O. The summed E-state index contributed by atoms with van der Waals surface area (Å²) in [6.45, 7) is 12.8. The van der Waals surface area contributed by atoms with Crippen LogP contribution in [0.5, 0.6) is 0 Å². The van der Waals surface area contributed by atoms with Gasteiger partial charge in [0.15, 0.2) is 0 Å². The molecule has 0 bridgehead atoms. The fraction of sp³-hybridized carbons (Fsp3) is 0.867. The Labute approximate surface area is 112 Å². The highest BCUT2D eigenvalue weighted by molar-refractivity contribution is 5.85. The first-order chi connectivity index (χ1) is 8.36. The fourth-order valence-electron chi connectivity index (χ4n) is 2.12. The second-order valence-electron chi connectivity index (χ2n) is 5.62. The van der Waals surface area contributed by atoms with E-state index < -0.39 is 5.41 Å². The van der Waals surface area contributed by atoms with Crippen LogP contribution < -0.4 is 0 Å². The molecule has 1 atom stereocenters. The average molecular weight is 252 g/mol. The lowest BCUT2D eigenvalue weighted by Gasteiger charge is -2.36. The molecule has 104 valence electrons. The molecule has 0 saturated carbocycles. The van der Waals surface area contributed by atoms with Crippen molar-refractivity contribution in [2.24, 2.45) is 11.3 Å². The van der Waals surface area contributed by atoms with E-state index in [2.05, 4.69) is 33.8 Å². The van der Waals surface area contributed by atoms with Crippen LogP contribution in [0.2, 0.25) is 0 Å². The number of hydrogen-bond acceptors (Lipinski definition) is 2. The summed E-state index contributed by atoms with van der Waals surface area (Å²) in [7, 11) is 0. The summed E-state index contributed by atoms with van der Waals surface area (Å²) < 4.78 is 0. The molecule has 0 rings (SSSR count). The Balaban J connectivity index is 5.19. The normalized spacial score (nSPS) is 14.4. The van der Waals surface area contributed by atoms with Gasteiger partial charge in [-0.2, -0.15) is 5.26 Å². The van der Waals surface area contributed by atoms with Gasteiger partial charge in [-0.25, -0.2) is 0 Å². The van der Waals surface area contributed by atoms with E-state index in [-0.39, 0.29) is 11.9 Å². The third-order valence-corrected chi connectivity index (χ3v) is 3.63. The minimum Gasteiger partial charge on any atom is -0.338 e. The number of amides is 1. The van der Waals surface area contributed by atoms with E-state index in [4.69, 9.17) is 0 Å². The van der Waals surface area contributed by atoms with E-state index in [9.17, 15) is 10.1 Å². The monoisotopic (exact) mass is 252 g/mol. The van der Waals surface area contributed by atoms with E-state index >= 15 is 0 Å². The van der Waals surface area contributed by atoms with Crippen LogP contribution >= 0.6 is 0 Å². The predicted octanol–water partition coefficient (Wildman–Crippen LogP) is 3.60. The summed E-state index contributed by atoms with van der Waals surface area (Å²) >= 11 is 0. The van der Waals surface area contributed by atoms with Gasteiger partial charge in [0.2, 0.25) is 5.91 Å². The van der Waals surface area contributed by atoms with Gasteiger partial charge in [-0.05, 0) is 32.1 Å². The summed E-state index contributed by atoms with van der Waals surface area (Å²) in [4.78, 5) is 14.6. The Kier molecular flexibility index (Phi) is 6.98. The number of nitrogens with zero attached hydrogens (tertiary/aromatic N) is 2. The lowest BCUT2D eigenvalue weighted by atomic mass is 9.86. The third kappa shape index (κ3) is 4.01. The quantitative estimate of drug-likeness (QED) is 0.695. The molecule has 0 N–H and O–H groups in total. The summed E-state index contributed by atoms with van der Waals surface area (Å²) in [5.74, 6) is 0.421. The molecule has 0 fully saturated rings. The van der Waals surface area contributed by atoms with Crippen molar-refractivity contribution < 1.29 is 4.79 Å². The first-order valence-corrected chi connectivity index (χ1v) is 7.08. The Morgan fingerprint density at radius 3 is 2.06 bits per heavy atom. The molecule has 3 nitrogen and oxygen atoms in total. The van der Waals surface area contributed by atoms with Gasteiger partial charge in [0.05, 0.1) is 6.07 Å². The number of rotatable bonds is 7. The van der Waals surface area contributed by atoms with Crippen molar-refractivity contribution in [3.8, 4) is 6.07 Å². The standard InChI is InChI=1S/C15H28N2O/c1-7-13(8-2)17(10-12(4)5)14(18)15(6,9-3)11-16/h12-13H,7-10H2,1-6H3. The van der Waals surface area contributed by atoms with Crippen LogP contribution in [0, 0.1) is 22.7 Å². The van der Waals surface area contributed by atoms with E-state index in [0.29, 0.717) is 12.3 Å².